The normalized spacial score (nSPS) is 10.8. The minimum Gasteiger partial charge on any atom is -0.496 e. The summed E-state index contributed by atoms with van der Waals surface area (Å²) in [5, 5.41) is 7.35. The van der Waals surface area contributed by atoms with E-state index in [1.807, 2.05) is 32.0 Å². The van der Waals surface area contributed by atoms with Crippen LogP contribution in [0.5, 0.6) is 11.5 Å². The average molecular weight is 494 g/mol. The molecular weight excluding hydrogens is 469 g/mol. The van der Waals surface area contributed by atoms with E-state index in [1.54, 1.807) is 48.3 Å². The van der Waals surface area contributed by atoms with Crippen LogP contribution in [-0.4, -0.2) is 22.8 Å². The van der Waals surface area contributed by atoms with Crippen LogP contribution in [0.4, 0.5) is 10.2 Å². The van der Waals surface area contributed by atoms with Crippen molar-refractivity contribution in [2.75, 3.05) is 12.4 Å². The number of halogens is 2. The number of nitrogens with zero attached hydrogens (tertiary/aromatic N) is 2. The molecule has 4 rings (SSSR count). The molecule has 35 heavy (non-hydrogen) atoms. The van der Waals surface area contributed by atoms with E-state index in [1.165, 1.54) is 12.1 Å². The summed E-state index contributed by atoms with van der Waals surface area (Å²) in [5.41, 5.74) is 3.97. The van der Waals surface area contributed by atoms with Crippen molar-refractivity contribution in [3.8, 4) is 11.5 Å². The van der Waals surface area contributed by atoms with Gasteiger partial charge in [0.1, 0.15) is 28.9 Å². The van der Waals surface area contributed by atoms with Gasteiger partial charge in [0.2, 0.25) is 0 Å². The second-order valence-electron chi connectivity index (χ2n) is 8.19. The number of carbonyl (C=O) groups is 1. The Morgan fingerprint density at radius 1 is 1.09 bits per heavy atom. The Bertz CT molecular complexity index is 1370. The SMILES string of the molecule is COc1ccc(C(=O)Nc2nn(Cc3cccc(F)c3)cc2Cl)cc1COc1cc(C)ccc1C. The Kier molecular flexibility index (Phi) is 7.36. The maximum Gasteiger partial charge on any atom is 0.256 e. The molecule has 3 aromatic carbocycles. The van der Waals surface area contributed by atoms with Crippen LogP contribution in [0.1, 0.15) is 32.6 Å². The average Bonchev–Trinajstić information content (AvgIpc) is 3.17. The predicted octanol–water partition coefficient (Wildman–Crippen LogP) is 6.18. The Morgan fingerprint density at radius 3 is 2.69 bits per heavy atom. The highest BCUT2D eigenvalue weighted by Gasteiger charge is 2.15. The first kappa shape index (κ1) is 24.3. The topological polar surface area (TPSA) is 65.4 Å². The smallest absolute Gasteiger partial charge is 0.256 e. The van der Waals surface area contributed by atoms with E-state index < -0.39 is 0 Å². The fraction of sp³-hybridized carbons (Fsp3) is 0.185. The summed E-state index contributed by atoms with van der Waals surface area (Å²) in [4.78, 5) is 13.0. The number of amides is 1. The molecule has 0 aliphatic carbocycles. The first-order chi connectivity index (χ1) is 16.8. The zero-order valence-electron chi connectivity index (χ0n) is 19.6. The van der Waals surface area contributed by atoms with Gasteiger partial charge in [-0.1, -0.05) is 35.9 Å². The molecule has 180 valence electrons. The number of aromatic nitrogens is 2. The van der Waals surface area contributed by atoms with Gasteiger partial charge in [0.05, 0.1) is 13.7 Å². The van der Waals surface area contributed by atoms with Gasteiger partial charge in [-0.2, -0.15) is 5.10 Å². The maximum atomic E-state index is 13.5. The molecule has 0 radical (unpaired) electrons. The molecule has 0 atom stereocenters. The first-order valence-corrected chi connectivity index (χ1v) is 11.4. The highest BCUT2D eigenvalue weighted by molar-refractivity contribution is 6.33. The van der Waals surface area contributed by atoms with Crippen LogP contribution in [0.2, 0.25) is 5.02 Å². The van der Waals surface area contributed by atoms with Gasteiger partial charge in [0.25, 0.3) is 5.91 Å². The van der Waals surface area contributed by atoms with E-state index in [-0.39, 0.29) is 29.2 Å². The standard InChI is InChI=1S/C27H25ClFN3O3/c1-17-7-8-18(2)25(11-17)35-16-21-13-20(9-10-24(21)34-3)27(33)30-26-23(28)15-32(31-26)14-19-5-4-6-22(29)12-19/h4-13,15H,14,16H2,1-3H3,(H,30,31,33). The molecular formula is C27H25ClFN3O3. The zero-order chi connectivity index (χ0) is 24.9. The van der Waals surface area contributed by atoms with Crippen LogP contribution < -0.4 is 14.8 Å². The summed E-state index contributed by atoms with van der Waals surface area (Å²) in [6.07, 6.45) is 1.58. The fourth-order valence-corrected chi connectivity index (χ4v) is 3.81. The molecule has 0 saturated carbocycles. The molecule has 8 heteroatoms. The molecule has 6 nitrogen and oxygen atoms in total. The Hall–Kier alpha value is -3.84. The molecule has 1 heterocycles. The van der Waals surface area contributed by atoms with Crippen molar-refractivity contribution in [3.05, 3.63) is 106 Å². The summed E-state index contributed by atoms with van der Waals surface area (Å²) >= 11 is 6.29. The van der Waals surface area contributed by atoms with Gasteiger partial charge in [0.15, 0.2) is 5.82 Å². The second-order valence-corrected chi connectivity index (χ2v) is 8.60. The number of carbonyl (C=O) groups excluding carboxylic acids is 1. The zero-order valence-corrected chi connectivity index (χ0v) is 20.4. The number of benzene rings is 3. The number of nitrogens with one attached hydrogen (secondary N) is 1. The number of hydrogen-bond acceptors (Lipinski definition) is 4. The van der Waals surface area contributed by atoms with Gasteiger partial charge in [-0.25, -0.2) is 4.39 Å². The number of rotatable bonds is 8. The van der Waals surface area contributed by atoms with E-state index in [0.29, 0.717) is 17.9 Å². The molecule has 1 amide bonds. The molecule has 1 N–H and O–H groups in total. The number of methoxy groups -OCH3 is 1. The van der Waals surface area contributed by atoms with Crippen molar-refractivity contribution in [1.29, 1.82) is 0 Å². The minimum atomic E-state index is -0.376. The van der Waals surface area contributed by atoms with Crippen LogP contribution in [0, 0.1) is 19.7 Å². The maximum absolute atomic E-state index is 13.5. The lowest BCUT2D eigenvalue weighted by atomic mass is 10.1. The molecule has 0 spiro atoms. The van der Waals surface area contributed by atoms with Crippen LogP contribution in [0.25, 0.3) is 0 Å². The van der Waals surface area contributed by atoms with Crippen LogP contribution in [-0.2, 0) is 13.2 Å². The van der Waals surface area contributed by atoms with Gasteiger partial charge < -0.3 is 14.8 Å². The van der Waals surface area contributed by atoms with Crippen molar-refractivity contribution in [1.82, 2.24) is 9.78 Å². The van der Waals surface area contributed by atoms with Crippen molar-refractivity contribution in [2.24, 2.45) is 0 Å². The largest absolute Gasteiger partial charge is 0.496 e. The summed E-state index contributed by atoms with van der Waals surface area (Å²) in [7, 11) is 1.57. The van der Waals surface area contributed by atoms with E-state index in [0.717, 1.165) is 28.0 Å². The van der Waals surface area contributed by atoms with Crippen LogP contribution in [0.15, 0.2) is 66.9 Å². The summed E-state index contributed by atoms with van der Waals surface area (Å²) in [6, 6.07) is 17.3. The second kappa shape index (κ2) is 10.6. The lowest BCUT2D eigenvalue weighted by Gasteiger charge is -2.14. The lowest BCUT2D eigenvalue weighted by Crippen LogP contribution is -2.14. The number of anilines is 1. The molecule has 0 aliphatic heterocycles. The number of ether oxygens (including phenoxy) is 2. The third kappa shape index (κ3) is 6.00. The van der Waals surface area contributed by atoms with E-state index in [4.69, 9.17) is 21.1 Å². The van der Waals surface area contributed by atoms with Gasteiger partial charge in [-0.15, -0.1) is 0 Å². The van der Waals surface area contributed by atoms with Crippen molar-refractivity contribution < 1.29 is 18.7 Å². The minimum absolute atomic E-state index is 0.220. The highest BCUT2D eigenvalue weighted by atomic mass is 35.5. The lowest BCUT2D eigenvalue weighted by molar-refractivity contribution is 0.102. The van der Waals surface area contributed by atoms with Crippen LogP contribution >= 0.6 is 11.6 Å². The third-order valence-corrected chi connectivity index (χ3v) is 5.73. The summed E-state index contributed by atoms with van der Waals surface area (Å²) in [6.45, 7) is 4.53. The summed E-state index contributed by atoms with van der Waals surface area (Å²) < 4.78 is 26.5. The van der Waals surface area contributed by atoms with Gasteiger partial charge in [-0.3, -0.25) is 9.48 Å². The number of hydrogen-bond donors (Lipinski definition) is 1. The molecule has 1 aromatic heterocycles. The molecule has 0 saturated heterocycles. The number of aryl methyl sites for hydroxylation is 2. The Labute approximate surface area is 208 Å². The molecule has 0 bridgehead atoms. The van der Waals surface area contributed by atoms with Crippen molar-refractivity contribution in [2.45, 2.75) is 27.0 Å². The van der Waals surface area contributed by atoms with E-state index in [2.05, 4.69) is 10.4 Å². The predicted molar refractivity (Wildman–Crippen MR) is 134 cm³/mol. The van der Waals surface area contributed by atoms with E-state index >= 15 is 0 Å². The molecule has 4 aromatic rings. The van der Waals surface area contributed by atoms with Crippen molar-refractivity contribution in [3.63, 3.8) is 0 Å². The molecule has 0 unspecified atom stereocenters. The van der Waals surface area contributed by atoms with Gasteiger partial charge in [-0.05, 0) is 66.9 Å². The monoisotopic (exact) mass is 493 g/mol. The third-order valence-electron chi connectivity index (χ3n) is 5.45. The van der Waals surface area contributed by atoms with Gasteiger partial charge in [0, 0.05) is 17.3 Å². The fourth-order valence-electron chi connectivity index (χ4n) is 3.62. The van der Waals surface area contributed by atoms with Crippen LogP contribution in [0.3, 0.4) is 0 Å². The summed E-state index contributed by atoms with van der Waals surface area (Å²) in [5.74, 6) is 0.906. The van der Waals surface area contributed by atoms with Gasteiger partial charge >= 0.3 is 0 Å². The molecule has 0 aliphatic rings. The highest BCUT2D eigenvalue weighted by Crippen LogP contribution is 2.26. The van der Waals surface area contributed by atoms with E-state index in [9.17, 15) is 9.18 Å². The molecule has 0 fully saturated rings. The van der Waals surface area contributed by atoms with Crippen molar-refractivity contribution >= 4 is 23.3 Å². The first-order valence-electron chi connectivity index (χ1n) is 11.0. The Balaban J connectivity index is 1.48. The Morgan fingerprint density at radius 2 is 1.91 bits per heavy atom. The quantitative estimate of drug-likeness (QED) is 0.318.